The molecular weight excluding hydrogens is 298 g/mol. The third-order valence-electron chi connectivity index (χ3n) is 5.03. The lowest BCUT2D eigenvalue weighted by Crippen LogP contribution is -2.52. The summed E-state index contributed by atoms with van der Waals surface area (Å²) in [5.74, 6) is 0.666. The van der Waals surface area contributed by atoms with E-state index in [9.17, 15) is 4.79 Å². The second-order valence-electron chi connectivity index (χ2n) is 6.77. The van der Waals surface area contributed by atoms with Gasteiger partial charge >= 0.3 is 0 Å². The summed E-state index contributed by atoms with van der Waals surface area (Å²) in [6.07, 6.45) is 1.07. The first-order chi connectivity index (χ1) is 11.8. The van der Waals surface area contributed by atoms with E-state index in [-0.39, 0.29) is 11.9 Å². The summed E-state index contributed by atoms with van der Waals surface area (Å²) in [4.78, 5) is 14.8. The van der Waals surface area contributed by atoms with Crippen LogP contribution in [-0.2, 0) is 17.9 Å². The Morgan fingerprint density at radius 2 is 1.54 bits per heavy atom. The van der Waals surface area contributed by atoms with Gasteiger partial charge < -0.3 is 4.90 Å². The molecule has 0 radical (unpaired) electrons. The Kier molecular flexibility index (Phi) is 4.32. The van der Waals surface area contributed by atoms with Crippen LogP contribution < -0.4 is 5.43 Å². The minimum absolute atomic E-state index is 0.0637. The van der Waals surface area contributed by atoms with Crippen molar-refractivity contribution in [1.29, 1.82) is 0 Å². The number of nitrogens with zero attached hydrogens (tertiary/aromatic N) is 2. The van der Waals surface area contributed by atoms with Gasteiger partial charge in [-0.05, 0) is 17.5 Å². The molecule has 2 atom stereocenters. The van der Waals surface area contributed by atoms with E-state index in [4.69, 9.17) is 0 Å². The molecular formula is C20H23N3O. The molecule has 1 amide bonds. The van der Waals surface area contributed by atoms with Gasteiger partial charge in [-0.3, -0.25) is 4.79 Å². The predicted octanol–water partition coefficient (Wildman–Crippen LogP) is 2.42. The maximum Gasteiger partial charge on any atom is 0.241 e. The number of benzene rings is 2. The third kappa shape index (κ3) is 3.21. The molecule has 4 rings (SSSR count). The zero-order valence-electron chi connectivity index (χ0n) is 13.8. The molecule has 2 aromatic carbocycles. The molecule has 2 saturated heterocycles. The molecule has 0 spiro atoms. The van der Waals surface area contributed by atoms with Crippen molar-refractivity contribution in [1.82, 2.24) is 15.3 Å². The monoisotopic (exact) mass is 321 g/mol. The van der Waals surface area contributed by atoms with Gasteiger partial charge in [0.1, 0.15) is 6.04 Å². The fourth-order valence-corrected chi connectivity index (χ4v) is 3.76. The second-order valence-corrected chi connectivity index (χ2v) is 6.77. The molecule has 2 aliphatic rings. The Balaban J connectivity index is 1.40. The molecule has 2 heterocycles. The highest BCUT2D eigenvalue weighted by Crippen LogP contribution is 2.27. The van der Waals surface area contributed by atoms with Gasteiger partial charge in [0, 0.05) is 32.1 Å². The number of carbonyl (C=O) groups is 1. The molecule has 2 unspecified atom stereocenters. The van der Waals surface area contributed by atoms with Crippen molar-refractivity contribution in [3.8, 4) is 0 Å². The highest BCUT2D eigenvalue weighted by atomic mass is 16.2. The van der Waals surface area contributed by atoms with Gasteiger partial charge in [0.15, 0.2) is 0 Å². The van der Waals surface area contributed by atoms with Crippen LogP contribution in [0.3, 0.4) is 0 Å². The van der Waals surface area contributed by atoms with Crippen LogP contribution in [0.2, 0.25) is 0 Å². The first-order valence-electron chi connectivity index (χ1n) is 8.67. The quantitative estimate of drug-likeness (QED) is 0.939. The van der Waals surface area contributed by atoms with Crippen molar-refractivity contribution in [2.24, 2.45) is 5.92 Å². The normalized spacial score (nSPS) is 24.2. The van der Waals surface area contributed by atoms with Crippen LogP contribution in [0.1, 0.15) is 17.5 Å². The van der Waals surface area contributed by atoms with E-state index >= 15 is 0 Å². The van der Waals surface area contributed by atoms with E-state index in [1.165, 1.54) is 11.1 Å². The van der Waals surface area contributed by atoms with Gasteiger partial charge in [-0.1, -0.05) is 60.7 Å². The molecule has 0 saturated carbocycles. The summed E-state index contributed by atoms with van der Waals surface area (Å²) < 4.78 is 0. The first-order valence-corrected chi connectivity index (χ1v) is 8.67. The predicted molar refractivity (Wildman–Crippen MR) is 93.7 cm³/mol. The molecule has 0 bridgehead atoms. The highest BCUT2D eigenvalue weighted by molar-refractivity contribution is 5.83. The Morgan fingerprint density at radius 1 is 0.917 bits per heavy atom. The Morgan fingerprint density at radius 3 is 2.21 bits per heavy atom. The summed E-state index contributed by atoms with van der Waals surface area (Å²) in [5, 5.41) is 2.20. The SMILES string of the molecule is O=C1C2NN(Cc3ccccc3)CC2CCN1Cc1ccccc1. The number of hydrogen-bond acceptors (Lipinski definition) is 3. The summed E-state index contributed by atoms with van der Waals surface area (Å²) in [6.45, 7) is 3.36. The molecule has 2 aliphatic heterocycles. The summed E-state index contributed by atoms with van der Waals surface area (Å²) in [6, 6.07) is 20.6. The number of carbonyl (C=O) groups excluding carboxylic acids is 1. The average molecular weight is 321 g/mol. The number of fused-ring (bicyclic) bond motifs is 1. The molecule has 4 heteroatoms. The zero-order chi connectivity index (χ0) is 16.4. The average Bonchev–Trinajstić information content (AvgIpc) is 3.03. The van der Waals surface area contributed by atoms with Gasteiger partial charge in [0.2, 0.25) is 5.91 Å². The molecule has 124 valence electrons. The van der Waals surface area contributed by atoms with E-state index in [0.29, 0.717) is 12.5 Å². The zero-order valence-corrected chi connectivity index (χ0v) is 13.8. The number of likely N-dealkylation sites (tertiary alicyclic amines) is 1. The number of amides is 1. The molecule has 24 heavy (non-hydrogen) atoms. The Labute approximate surface area is 143 Å². The van der Waals surface area contributed by atoms with Crippen LogP contribution in [0.5, 0.6) is 0 Å². The van der Waals surface area contributed by atoms with E-state index in [1.54, 1.807) is 0 Å². The van der Waals surface area contributed by atoms with E-state index in [1.807, 2.05) is 29.2 Å². The highest BCUT2D eigenvalue weighted by Gasteiger charge is 2.42. The first kappa shape index (κ1) is 15.4. The van der Waals surface area contributed by atoms with Crippen molar-refractivity contribution >= 4 is 5.91 Å². The standard InChI is InChI=1S/C20H23N3O/c24-20-19-18(11-12-22(20)13-16-7-3-1-4-8-16)15-23(21-19)14-17-9-5-2-6-10-17/h1-10,18-19,21H,11-15H2. The largest absolute Gasteiger partial charge is 0.337 e. The minimum atomic E-state index is -0.0637. The molecule has 0 aliphatic carbocycles. The van der Waals surface area contributed by atoms with Gasteiger partial charge in [-0.2, -0.15) is 0 Å². The fourth-order valence-electron chi connectivity index (χ4n) is 3.76. The van der Waals surface area contributed by atoms with Crippen LogP contribution in [0.25, 0.3) is 0 Å². The van der Waals surface area contributed by atoms with Crippen molar-refractivity contribution in [3.63, 3.8) is 0 Å². The Hall–Kier alpha value is -2.17. The fraction of sp³-hybridized carbons (Fsp3) is 0.350. The molecule has 2 aromatic rings. The maximum atomic E-state index is 12.8. The summed E-state index contributed by atoms with van der Waals surface area (Å²) >= 11 is 0. The van der Waals surface area contributed by atoms with Crippen molar-refractivity contribution in [3.05, 3.63) is 71.8 Å². The number of hydrogen-bond donors (Lipinski definition) is 1. The lowest BCUT2D eigenvalue weighted by molar-refractivity contribution is -0.138. The van der Waals surface area contributed by atoms with Crippen LogP contribution in [-0.4, -0.2) is 34.9 Å². The minimum Gasteiger partial charge on any atom is -0.337 e. The number of hydrazine groups is 1. The molecule has 2 fully saturated rings. The molecule has 0 aromatic heterocycles. The van der Waals surface area contributed by atoms with E-state index in [0.717, 1.165) is 26.1 Å². The topological polar surface area (TPSA) is 35.6 Å². The lowest BCUT2D eigenvalue weighted by Gasteiger charge is -2.33. The van der Waals surface area contributed by atoms with Gasteiger partial charge in [0.25, 0.3) is 0 Å². The van der Waals surface area contributed by atoms with Crippen LogP contribution in [0.4, 0.5) is 0 Å². The van der Waals surface area contributed by atoms with Crippen LogP contribution >= 0.6 is 0 Å². The number of nitrogens with one attached hydrogen (secondary N) is 1. The van der Waals surface area contributed by atoms with Gasteiger partial charge in [-0.25, -0.2) is 10.4 Å². The van der Waals surface area contributed by atoms with Crippen LogP contribution in [0.15, 0.2) is 60.7 Å². The molecule has 4 nitrogen and oxygen atoms in total. The van der Waals surface area contributed by atoms with Gasteiger partial charge in [-0.15, -0.1) is 0 Å². The number of piperidine rings is 1. The summed E-state index contributed by atoms with van der Waals surface area (Å²) in [5.41, 5.74) is 5.92. The van der Waals surface area contributed by atoms with E-state index < -0.39 is 0 Å². The summed E-state index contributed by atoms with van der Waals surface area (Å²) in [7, 11) is 0. The second kappa shape index (κ2) is 6.75. The van der Waals surface area contributed by atoms with Gasteiger partial charge in [0.05, 0.1) is 0 Å². The maximum absolute atomic E-state index is 12.8. The number of rotatable bonds is 4. The third-order valence-corrected chi connectivity index (χ3v) is 5.03. The Bertz CT molecular complexity index is 689. The van der Waals surface area contributed by atoms with Crippen molar-refractivity contribution in [2.45, 2.75) is 25.6 Å². The lowest BCUT2D eigenvalue weighted by atomic mass is 9.92. The van der Waals surface area contributed by atoms with Crippen molar-refractivity contribution in [2.75, 3.05) is 13.1 Å². The van der Waals surface area contributed by atoms with E-state index in [2.05, 4.69) is 46.8 Å². The molecule has 1 N–H and O–H groups in total. The van der Waals surface area contributed by atoms with Crippen molar-refractivity contribution < 1.29 is 4.79 Å². The smallest absolute Gasteiger partial charge is 0.241 e. The van der Waals surface area contributed by atoms with Crippen LogP contribution in [0, 0.1) is 5.92 Å².